The Hall–Kier alpha value is -4.19. The van der Waals surface area contributed by atoms with E-state index >= 15 is 0 Å². The molecule has 2 saturated heterocycles. The van der Waals surface area contributed by atoms with Crippen LogP contribution in [0.4, 0.5) is 25.3 Å². The highest BCUT2D eigenvalue weighted by atomic mass is 19.1. The molecule has 208 valence electrons. The van der Waals surface area contributed by atoms with Gasteiger partial charge in [-0.05, 0) is 56.9 Å². The maximum absolute atomic E-state index is 15.0. The molecule has 1 aromatic carbocycles. The molecular formula is C28H30F2N8O2. The summed E-state index contributed by atoms with van der Waals surface area (Å²) in [5, 5.41) is 12.3. The Bertz CT molecular complexity index is 1590. The number of hydrogen-bond donors (Lipinski definition) is 2. The molecule has 6 rings (SSSR count). The molecule has 2 aliphatic rings. The van der Waals surface area contributed by atoms with Crippen molar-refractivity contribution in [2.24, 2.45) is 5.92 Å². The van der Waals surface area contributed by atoms with E-state index in [2.05, 4.69) is 30.2 Å². The number of imidazole rings is 1. The summed E-state index contributed by atoms with van der Waals surface area (Å²) >= 11 is 0. The van der Waals surface area contributed by atoms with Crippen molar-refractivity contribution in [1.29, 1.82) is 0 Å². The van der Waals surface area contributed by atoms with Gasteiger partial charge in [-0.3, -0.25) is 4.90 Å². The zero-order valence-corrected chi connectivity index (χ0v) is 22.5. The van der Waals surface area contributed by atoms with E-state index in [9.17, 15) is 18.7 Å². The SMILES string of the molecule is Cc1nc2c(F)cc(-c3cc(Nc4ncc(CN5C[C@@H]6CCN(C(=O)O)C[C@@H]65)cn4)ncc3F)cc2n1C(C)C. The highest BCUT2D eigenvalue weighted by molar-refractivity contribution is 5.84. The highest BCUT2D eigenvalue weighted by Gasteiger charge is 2.43. The lowest BCUT2D eigenvalue weighted by molar-refractivity contribution is -0.0438. The maximum atomic E-state index is 15.0. The van der Waals surface area contributed by atoms with Crippen LogP contribution < -0.4 is 5.32 Å². The van der Waals surface area contributed by atoms with Crippen molar-refractivity contribution in [1.82, 2.24) is 34.3 Å². The molecule has 0 saturated carbocycles. The molecule has 12 heteroatoms. The molecule has 0 spiro atoms. The normalized spacial score (nSPS) is 19.1. The fraction of sp³-hybridized carbons (Fsp3) is 0.393. The number of aryl methyl sites for hydroxylation is 1. The summed E-state index contributed by atoms with van der Waals surface area (Å²) in [7, 11) is 0. The van der Waals surface area contributed by atoms with Crippen LogP contribution in [0.1, 0.15) is 37.7 Å². The zero-order chi connectivity index (χ0) is 28.1. The van der Waals surface area contributed by atoms with Gasteiger partial charge in [-0.15, -0.1) is 0 Å². The first kappa shape index (κ1) is 26.1. The Morgan fingerprint density at radius 2 is 1.88 bits per heavy atom. The summed E-state index contributed by atoms with van der Waals surface area (Å²) in [6, 6.07) is 4.82. The van der Waals surface area contributed by atoms with Crippen molar-refractivity contribution >= 4 is 28.9 Å². The molecule has 2 fully saturated rings. The van der Waals surface area contributed by atoms with Crippen LogP contribution in [-0.2, 0) is 6.54 Å². The van der Waals surface area contributed by atoms with Gasteiger partial charge in [0.1, 0.15) is 23.0 Å². The summed E-state index contributed by atoms with van der Waals surface area (Å²) in [4.78, 5) is 32.3. The summed E-state index contributed by atoms with van der Waals surface area (Å²) < 4.78 is 31.8. The van der Waals surface area contributed by atoms with Crippen molar-refractivity contribution < 1.29 is 18.7 Å². The number of aromatic nitrogens is 5. The smallest absolute Gasteiger partial charge is 0.407 e. The summed E-state index contributed by atoms with van der Waals surface area (Å²) in [6.45, 7) is 8.49. The molecule has 0 aliphatic carbocycles. The van der Waals surface area contributed by atoms with E-state index in [0.717, 1.165) is 24.7 Å². The molecular weight excluding hydrogens is 518 g/mol. The zero-order valence-electron chi connectivity index (χ0n) is 22.5. The van der Waals surface area contributed by atoms with Crippen molar-refractivity contribution in [2.75, 3.05) is 25.0 Å². The molecule has 2 N–H and O–H groups in total. The Kier molecular flexibility index (Phi) is 6.57. The van der Waals surface area contributed by atoms with Crippen molar-refractivity contribution in [2.45, 2.75) is 45.8 Å². The number of anilines is 2. The topological polar surface area (TPSA) is 112 Å². The minimum Gasteiger partial charge on any atom is -0.465 e. The number of nitrogens with one attached hydrogen (secondary N) is 1. The van der Waals surface area contributed by atoms with Crippen molar-refractivity contribution in [3.63, 3.8) is 0 Å². The second-order valence-corrected chi connectivity index (χ2v) is 10.8. The first-order chi connectivity index (χ1) is 19.2. The number of nitrogens with zero attached hydrogens (tertiary/aromatic N) is 7. The lowest BCUT2D eigenvalue weighted by Gasteiger charge is -2.53. The van der Waals surface area contributed by atoms with Gasteiger partial charge in [0.2, 0.25) is 5.95 Å². The van der Waals surface area contributed by atoms with Gasteiger partial charge in [-0.2, -0.15) is 0 Å². The number of fused-ring (bicyclic) bond motifs is 2. The van der Waals surface area contributed by atoms with Crippen LogP contribution in [0.2, 0.25) is 0 Å². The number of carbonyl (C=O) groups is 1. The molecule has 0 bridgehead atoms. The molecule has 40 heavy (non-hydrogen) atoms. The van der Waals surface area contributed by atoms with Crippen LogP contribution >= 0.6 is 0 Å². The maximum Gasteiger partial charge on any atom is 0.407 e. The largest absolute Gasteiger partial charge is 0.465 e. The van der Waals surface area contributed by atoms with Crippen LogP contribution in [0.25, 0.3) is 22.2 Å². The molecule has 2 aliphatic heterocycles. The van der Waals surface area contributed by atoms with Gasteiger partial charge in [0.25, 0.3) is 0 Å². The fourth-order valence-corrected chi connectivity index (χ4v) is 5.92. The average Bonchev–Trinajstić information content (AvgIpc) is 3.25. The van der Waals surface area contributed by atoms with E-state index in [4.69, 9.17) is 0 Å². The van der Waals surface area contributed by atoms with E-state index in [1.807, 2.05) is 25.3 Å². The minimum absolute atomic E-state index is 0.0592. The Balaban J connectivity index is 1.18. The Labute approximate surface area is 229 Å². The number of benzene rings is 1. The molecule has 4 aromatic rings. The number of piperidine rings is 1. The molecule has 1 amide bonds. The van der Waals surface area contributed by atoms with Crippen LogP contribution in [0.15, 0.2) is 36.8 Å². The van der Waals surface area contributed by atoms with Crippen LogP contribution in [0.3, 0.4) is 0 Å². The van der Waals surface area contributed by atoms with Crippen molar-refractivity contribution in [3.8, 4) is 11.1 Å². The summed E-state index contributed by atoms with van der Waals surface area (Å²) in [5.41, 5.74) is 2.34. The quantitative estimate of drug-likeness (QED) is 0.347. The number of amides is 1. The third-order valence-electron chi connectivity index (χ3n) is 7.87. The van der Waals surface area contributed by atoms with Crippen LogP contribution in [0.5, 0.6) is 0 Å². The van der Waals surface area contributed by atoms with Gasteiger partial charge >= 0.3 is 6.09 Å². The van der Waals surface area contributed by atoms with Gasteiger partial charge in [-0.25, -0.2) is 33.5 Å². The van der Waals surface area contributed by atoms with E-state index in [-0.39, 0.29) is 23.2 Å². The average molecular weight is 549 g/mol. The number of rotatable bonds is 6. The van der Waals surface area contributed by atoms with E-state index < -0.39 is 17.7 Å². The third kappa shape index (κ3) is 4.72. The second-order valence-electron chi connectivity index (χ2n) is 10.8. The van der Waals surface area contributed by atoms with Gasteiger partial charge < -0.3 is 19.9 Å². The Morgan fingerprint density at radius 3 is 2.60 bits per heavy atom. The standard InChI is InChI=1S/C28H30F2N8O2/c1-15(2)38-16(3)34-26-21(29)6-19(7-23(26)38)20-8-25(31-11-22(20)30)35-27-32-9-17(10-33-27)12-37-13-18-4-5-36(28(39)40)14-24(18)37/h6-11,15,18,24H,4-5,12-14H2,1-3H3,(H,39,40)(H,31,32,33,35)/t18-,24-/m0/s1. The number of likely N-dealkylation sites (tertiary alicyclic amines) is 2. The first-order valence-electron chi connectivity index (χ1n) is 13.3. The predicted octanol–water partition coefficient (Wildman–Crippen LogP) is 4.98. The second kappa shape index (κ2) is 10.1. The van der Waals surface area contributed by atoms with Gasteiger partial charge in [0.15, 0.2) is 5.82 Å². The minimum atomic E-state index is -0.871. The van der Waals surface area contributed by atoms with E-state index in [1.54, 1.807) is 18.5 Å². The van der Waals surface area contributed by atoms with E-state index in [1.165, 1.54) is 17.0 Å². The van der Waals surface area contributed by atoms with Gasteiger partial charge in [-0.1, -0.05) is 0 Å². The molecule has 0 radical (unpaired) electrons. The lowest BCUT2D eigenvalue weighted by Crippen LogP contribution is -2.64. The lowest BCUT2D eigenvalue weighted by atomic mass is 9.82. The molecule has 10 nitrogen and oxygen atoms in total. The number of pyridine rings is 1. The van der Waals surface area contributed by atoms with Crippen LogP contribution in [-0.4, -0.2) is 71.2 Å². The molecule has 2 atom stereocenters. The molecule has 5 heterocycles. The number of hydrogen-bond acceptors (Lipinski definition) is 7. The number of carboxylic acid groups (broad SMARTS) is 1. The monoisotopic (exact) mass is 548 g/mol. The third-order valence-corrected chi connectivity index (χ3v) is 7.87. The summed E-state index contributed by atoms with van der Waals surface area (Å²) in [6.07, 6.45) is 4.53. The van der Waals surface area contributed by atoms with Crippen molar-refractivity contribution in [3.05, 3.63) is 59.8 Å². The Morgan fingerprint density at radius 1 is 1.10 bits per heavy atom. The van der Waals surface area contributed by atoms with Gasteiger partial charge in [0, 0.05) is 61.8 Å². The number of halogens is 2. The first-order valence-corrected chi connectivity index (χ1v) is 13.3. The predicted molar refractivity (Wildman–Crippen MR) is 145 cm³/mol. The fourth-order valence-electron chi connectivity index (χ4n) is 5.92. The molecule has 3 aromatic heterocycles. The van der Waals surface area contributed by atoms with Crippen LogP contribution in [0, 0.1) is 24.5 Å². The highest BCUT2D eigenvalue weighted by Crippen LogP contribution is 2.34. The van der Waals surface area contributed by atoms with Gasteiger partial charge in [0.05, 0.1) is 11.7 Å². The van der Waals surface area contributed by atoms with E-state index in [0.29, 0.717) is 54.2 Å². The summed E-state index contributed by atoms with van der Waals surface area (Å²) in [5.74, 6) is 0.733. The molecule has 0 unspecified atom stereocenters.